The van der Waals surface area contributed by atoms with Gasteiger partial charge in [0.15, 0.2) is 0 Å². The summed E-state index contributed by atoms with van der Waals surface area (Å²) >= 11 is 0. The molecule has 9 aromatic carbocycles. The SMILES string of the molecule is c1ccc(-c2ccc3ccc4ccc(-c5c6ccccc6c(-c6ccc7c(c6)C(c6ccccc6)(c6ccccc6)c6ccccc6-7)c6ccccc56)nc4c3n2)cc1. The van der Waals surface area contributed by atoms with Crippen molar-refractivity contribution in [3.8, 4) is 44.8 Å². The molecule has 0 spiro atoms. The van der Waals surface area contributed by atoms with E-state index < -0.39 is 5.41 Å². The fourth-order valence-corrected chi connectivity index (χ4v) is 9.99. The molecule has 0 saturated carbocycles. The Bertz CT molecular complexity index is 3330. The van der Waals surface area contributed by atoms with E-state index in [-0.39, 0.29) is 0 Å². The van der Waals surface area contributed by atoms with Crippen LogP contribution < -0.4 is 0 Å². The third kappa shape index (κ3) is 5.00. The maximum absolute atomic E-state index is 5.50. The Morgan fingerprint density at radius 1 is 0.305 bits per heavy atom. The number of hydrogen-bond acceptors (Lipinski definition) is 2. The van der Waals surface area contributed by atoms with Crippen LogP contribution >= 0.6 is 0 Å². The third-order valence-corrected chi connectivity index (χ3v) is 12.5. The molecule has 12 rings (SSSR count). The van der Waals surface area contributed by atoms with Gasteiger partial charge in [-0.3, -0.25) is 0 Å². The van der Waals surface area contributed by atoms with Crippen LogP contribution in [-0.4, -0.2) is 9.97 Å². The molecule has 0 amide bonds. The highest BCUT2D eigenvalue weighted by molar-refractivity contribution is 6.21. The summed E-state index contributed by atoms with van der Waals surface area (Å²) in [5, 5.41) is 6.90. The van der Waals surface area contributed by atoms with E-state index in [0.717, 1.165) is 44.3 Å². The Morgan fingerprint density at radius 2 is 0.763 bits per heavy atom. The van der Waals surface area contributed by atoms with Crippen LogP contribution in [-0.2, 0) is 5.41 Å². The van der Waals surface area contributed by atoms with Crippen LogP contribution in [0.4, 0.5) is 0 Å². The van der Waals surface area contributed by atoms with Crippen LogP contribution in [0.3, 0.4) is 0 Å². The second-order valence-corrected chi connectivity index (χ2v) is 15.6. The molecule has 0 bridgehead atoms. The second-order valence-electron chi connectivity index (χ2n) is 15.6. The van der Waals surface area contributed by atoms with Gasteiger partial charge in [0.25, 0.3) is 0 Å². The summed E-state index contributed by atoms with van der Waals surface area (Å²) in [6.07, 6.45) is 0. The van der Waals surface area contributed by atoms with Crippen LogP contribution in [0.25, 0.3) is 88.1 Å². The van der Waals surface area contributed by atoms with Gasteiger partial charge in [-0.25, -0.2) is 9.97 Å². The maximum Gasteiger partial charge on any atom is 0.0972 e. The van der Waals surface area contributed by atoms with Gasteiger partial charge in [-0.15, -0.1) is 0 Å². The molecule has 0 fully saturated rings. The standard InChI is InChI=1S/C57H36N2/c1-4-16-37(17-5-1)51-34-31-38-28-29-39-32-35-52(59-56(39)55(38)58-51)54-47-25-12-10-23-45(47)53(46-24-11-13-26-48(46)54)40-30-33-44-43-22-14-15-27-49(43)57(50(44)36-40,41-18-6-2-7-19-41)42-20-8-3-9-21-42/h1-36H. The van der Waals surface area contributed by atoms with Gasteiger partial charge in [-0.1, -0.05) is 200 Å². The third-order valence-electron chi connectivity index (χ3n) is 12.5. The monoisotopic (exact) mass is 748 g/mol. The first-order valence-electron chi connectivity index (χ1n) is 20.3. The molecular formula is C57H36N2. The number of benzene rings is 9. The Balaban J connectivity index is 1.12. The summed E-state index contributed by atoms with van der Waals surface area (Å²) < 4.78 is 0. The smallest absolute Gasteiger partial charge is 0.0972 e. The summed E-state index contributed by atoms with van der Waals surface area (Å²) in [7, 11) is 0. The van der Waals surface area contributed by atoms with Crippen molar-refractivity contribution in [3.63, 3.8) is 0 Å². The quantitative estimate of drug-likeness (QED) is 0.129. The lowest BCUT2D eigenvalue weighted by Gasteiger charge is -2.34. The van der Waals surface area contributed by atoms with E-state index in [4.69, 9.17) is 9.97 Å². The van der Waals surface area contributed by atoms with Gasteiger partial charge in [0.05, 0.1) is 27.8 Å². The first-order valence-corrected chi connectivity index (χ1v) is 20.3. The molecule has 2 heteroatoms. The fourth-order valence-electron chi connectivity index (χ4n) is 9.99. The van der Waals surface area contributed by atoms with Crippen molar-refractivity contribution in [2.24, 2.45) is 0 Å². The van der Waals surface area contributed by atoms with Crippen LogP contribution in [0.1, 0.15) is 22.3 Å². The number of aromatic nitrogens is 2. The number of pyridine rings is 2. The summed E-state index contributed by atoms with van der Waals surface area (Å²) in [6, 6.07) is 79.4. The van der Waals surface area contributed by atoms with E-state index in [1.165, 1.54) is 66.1 Å². The number of fused-ring (bicyclic) bond motifs is 8. The molecule has 0 saturated heterocycles. The zero-order valence-corrected chi connectivity index (χ0v) is 32.2. The molecule has 1 aliphatic carbocycles. The van der Waals surface area contributed by atoms with Crippen LogP contribution in [0.5, 0.6) is 0 Å². The Morgan fingerprint density at radius 3 is 1.37 bits per heavy atom. The average molecular weight is 749 g/mol. The minimum Gasteiger partial charge on any atom is -0.245 e. The van der Waals surface area contributed by atoms with Gasteiger partial charge in [0.2, 0.25) is 0 Å². The average Bonchev–Trinajstić information content (AvgIpc) is 3.61. The fraction of sp³-hybridized carbons (Fsp3) is 0.0175. The number of nitrogens with zero attached hydrogens (tertiary/aromatic N) is 2. The normalized spacial score (nSPS) is 12.9. The molecule has 274 valence electrons. The van der Waals surface area contributed by atoms with E-state index in [2.05, 4.69) is 212 Å². The van der Waals surface area contributed by atoms with Crippen molar-refractivity contribution in [2.45, 2.75) is 5.41 Å². The Kier molecular flexibility index (Phi) is 7.48. The van der Waals surface area contributed by atoms with Gasteiger partial charge < -0.3 is 0 Å². The molecule has 2 nitrogen and oxygen atoms in total. The van der Waals surface area contributed by atoms with Gasteiger partial charge >= 0.3 is 0 Å². The van der Waals surface area contributed by atoms with E-state index in [1.54, 1.807) is 0 Å². The largest absolute Gasteiger partial charge is 0.245 e. The van der Waals surface area contributed by atoms with Crippen molar-refractivity contribution in [1.82, 2.24) is 9.97 Å². The topological polar surface area (TPSA) is 25.8 Å². The van der Waals surface area contributed by atoms with Crippen molar-refractivity contribution in [3.05, 3.63) is 241 Å². The van der Waals surface area contributed by atoms with Crippen molar-refractivity contribution in [1.29, 1.82) is 0 Å². The summed E-state index contributed by atoms with van der Waals surface area (Å²) in [4.78, 5) is 10.7. The molecule has 0 aliphatic heterocycles. The highest BCUT2D eigenvalue weighted by Crippen LogP contribution is 2.57. The maximum atomic E-state index is 5.50. The number of rotatable bonds is 5. The number of hydrogen-bond donors (Lipinski definition) is 0. The summed E-state index contributed by atoms with van der Waals surface area (Å²) in [5.74, 6) is 0. The zero-order chi connectivity index (χ0) is 38.9. The lowest BCUT2D eigenvalue weighted by Crippen LogP contribution is -2.28. The minimum absolute atomic E-state index is 0.484. The molecule has 0 unspecified atom stereocenters. The zero-order valence-electron chi connectivity index (χ0n) is 32.2. The lowest BCUT2D eigenvalue weighted by molar-refractivity contribution is 0.769. The lowest BCUT2D eigenvalue weighted by atomic mass is 9.67. The molecule has 11 aromatic rings. The summed E-state index contributed by atoms with van der Waals surface area (Å²) in [5.41, 5.74) is 15.6. The van der Waals surface area contributed by atoms with Gasteiger partial charge in [-0.05, 0) is 84.3 Å². The predicted octanol–water partition coefficient (Wildman–Crippen LogP) is 14.5. The highest BCUT2D eigenvalue weighted by atomic mass is 14.8. The molecular weight excluding hydrogens is 713 g/mol. The second kappa shape index (κ2) is 13.2. The molecule has 0 N–H and O–H groups in total. The van der Waals surface area contributed by atoms with Gasteiger partial charge in [0.1, 0.15) is 0 Å². The van der Waals surface area contributed by atoms with E-state index in [9.17, 15) is 0 Å². The van der Waals surface area contributed by atoms with Crippen molar-refractivity contribution >= 4 is 43.4 Å². The predicted molar refractivity (Wildman–Crippen MR) is 246 cm³/mol. The molecule has 0 radical (unpaired) electrons. The molecule has 59 heavy (non-hydrogen) atoms. The Hall–Kier alpha value is -7.68. The van der Waals surface area contributed by atoms with Crippen LogP contribution in [0, 0.1) is 0 Å². The minimum atomic E-state index is -0.484. The first-order chi connectivity index (χ1) is 29.3. The molecule has 2 aromatic heterocycles. The van der Waals surface area contributed by atoms with Crippen LogP contribution in [0.2, 0.25) is 0 Å². The van der Waals surface area contributed by atoms with Gasteiger partial charge in [-0.2, -0.15) is 0 Å². The molecule has 0 atom stereocenters. The van der Waals surface area contributed by atoms with E-state index in [0.29, 0.717) is 0 Å². The van der Waals surface area contributed by atoms with Crippen molar-refractivity contribution < 1.29 is 0 Å². The van der Waals surface area contributed by atoms with Gasteiger partial charge in [0, 0.05) is 21.9 Å². The molecule has 1 aliphatic rings. The van der Waals surface area contributed by atoms with E-state index in [1.807, 2.05) is 6.07 Å². The Labute approximate surface area is 342 Å². The van der Waals surface area contributed by atoms with Crippen LogP contribution in [0.15, 0.2) is 218 Å². The van der Waals surface area contributed by atoms with E-state index >= 15 is 0 Å². The first kappa shape index (κ1) is 33.5. The highest BCUT2D eigenvalue weighted by Gasteiger charge is 2.46. The summed E-state index contributed by atoms with van der Waals surface area (Å²) in [6.45, 7) is 0. The van der Waals surface area contributed by atoms with Crippen molar-refractivity contribution in [2.75, 3.05) is 0 Å². The molecule has 2 heterocycles.